The van der Waals surface area contributed by atoms with Gasteiger partial charge in [0.1, 0.15) is 7.85 Å². The van der Waals surface area contributed by atoms with Crippen LogP contribution in [0.15, 0.2) is 158 Å². The number of rotatable bonds is 5. The van der Waals surface area contributed by atoms with Crippen LogP contribution >= 0.6 is 0 Å². The predicted molar refractivity (Wildman–Crippen MR) is 172 cm³/mol. The molecule has 40 heavy (non-hydrogen) atoms. The Labute approximate surface area is 236 Å². The van der Waals surface area contributed by atoms with Crippen LogP contribution in [-0.2, 0) is 0 Å². The molecule has 0 spiro atoms. The molecule has 0 saturated carbocycles. The maximum Gasteiger partial charge on any atom is 0.113 e. The van der Waals surface area contributed by atoms with Crippen LogP contribution in [-0.4, -0.2) is 7.85 Å². The molecule has 0 aromatic heterocycles. The van der Waals surface area contributed by atoms with Crippen molar-refractivity contribution in [3.8, 4) is 22.3 Å². The number of para-hydroxylation sites is 1. The summed E-state index contributed by atoms with van der Waals surface area (Å²) in [4.78, 5) is 2.31. The van der Waals surface area contributed by atoms with Gasteiger partial charge < -0.3 is 4.90 Å². The molecule has 7 rings (SSSR count). The summed E-state index contributed by atoms with van der Waals surface area (Å²) < 4.78 is 0. The average Bonchev–Trinajstić information content (AvgIpc) is 3.03. The van der Waals surface area contributed by atoms with Gasteiger partial charge in [0, 0.05) is 16.9 Å². The molecule has 0 atom stereocenters. The summed E-state index contributed by atoms with van der Waals surface area (Å²) in [7, 11) is 6.08. The Kier molecular flexibility index (Phi) is 6.14. The molecule has 0 unspecified atom stereocenters. The first-order valence-corrected chi connectivity index (χ1v) is 13.6. The van der Waals surface area contributed by atoms with E-state index < -0.39 is 0 Å². The lowest BCUT2D eigenvalue weighted by Crippen LogP contribution is -2.12. The standard InChI is InChI=1S/C38H26BN/c39-30-20-24-32(25-21-30)40(38-17-9-8-14-34(38)27-10-2-1-3-11-27)31-22-18-28(19-23-31)37-26-29-12-4-5-13-33(29)35-15-6-7-16-36(35)37/h1-26H. The first-order chi connectivity index (χ1) is 19.8. The van der Waals surface area contributed by atoms with Crippen LogP contribution in [0.3, 0.4) is 0 Å². The van der Waals surface area contributed by atoms with Crippen molar-refractivity contribution in [3.05, 3.63) is 158 Å². The van der Waals surface area contributed by atoms with Crippen molar-refractivity contribution in [1.82, 2.24) is 0 Å². The third-order valence-corrected chi connectivity index (χ3v) is 7.59. The fraction of sp³-hybridized carbons (Fsp3) is 0. The highest BCUT2D eigenvalue weighted by Crippen LogP contribution is 2.42. The van der Waals surface area contributed by atoms with Crippen LogP contribution < -0.4 is 10.4 Å². The third kappa shape index (κ3) is 4.34. The second-order valence-electron chi connectivity index (χ2n) is 10.0. The molecule has 0 bridgehead atoms. The van der Waals surface area contributed by atoms with Crippen LogP contribution in [0.5, 0.6) is 0 Å². The summed E-state index contributed by atoms with van der Waals surface area (Å²) >= 11 is 0. The number of hydrogen-bond donors (Lipinski definition) is 0. The van der Waals surface area contributed by atoms with E-state index in [1.54, 1.807) is 0 Å². The monoisotopic (exact) mass is 507 g/mol. The van der Waals surface area contributed by atoms with Gasteiger partial charge in [-0.2, -0.15) is 0 Å². The topological polar surface area (TPSA) is 3.24 Å². The first-order valence-electron chi connectivity index (χ1n) is 13.6. The van der Waals surface area contributed by atoms with Gasteiger partial charge in [-0.1, -0.05) is 127 Å². The minimum absolute atomic E-state index is 0.749. The maximum atomic E-state index is 6.08. The molecule has 7 aromatic carbocycles. The van der Waals surface area contributed by atoms with Crippen molar-refractivity contribution in [1.29, 1.82) is 0 Å². The second-order valence-corrected chi connectivity index (χ2v) is 10.0. The van der Waals surface area contributed by atoms with Crippen molar-refractivity contribution < 1.29 is 0 Å². The molecule has 186 valence electrons. The van der Waals surface area contributed by atoms with Gasteiger partial charge in [-0.25, -0.2) is 0 Å². The van der Waals surface area contributed by atoms with Gasteiger partial charge in [0.25, 0.3) is 0 Å². The summed E-state index contributed by atoms with van der Waals surface area (Å²) in [6.45, 7) is 0. The van der Waals surface area contributed by atoms with Crippen molar-refractivity contribution in [2.75, 3.05) is 4.90 Å². The summed E-state index contributed by atoms with van der Waals surface area (Å²) in [5.41, 5.74) is 8.79. The Morgan fingerprint density at radius 2 is 0.950 bits per heavy atom. The Morgan fingerprint density at radius 1 is 0.400 bits per heavy atom. The molecule has 0 N–H and O–H groups in total. The smallest absolute Gasteiger partial charge is 0.113 e. The first kappa shape index (κ1) is 24.0. The Balaban J connectivity index is 1.38. The van der Waals surface area contributed by atoms with Crippen LogP contribution in [0.25, 0.3) is 43.8 Å². The van der Waals surface area contributed by atoms with Gasteiger partial charge in [0.2, 0.25) is 0 Å². The zero-order chi connectivity index (χ0) is 26.9. The molecule has 2 heteroatoms. The van der Waals surface area contributed by atoms with E-state index in [1.807, 2.05) is 12.1 Å². The molecule has 1 nitrogen and oxygen atoms in total. The highest BCUT2D eigenvalue weighted by Gasteiger charge is 2.17. The number of fused-ring (bicyclic) bond motifs is 3. The molecule has 0 heterocycles. The molecule has 2 radical (unpaired) electrons. The maximum absolute atomic E-state index is 6.08. The van der Waals surface area contributed by atoms with E-state index in [1.165, 1.54) is 43.8 Å². The van der Waals surface area contributed by atoms with Crippen LogP contribution in [0.2, 0.25) is 0 Å². The van der Waals surface area contributed by atoms with Crippen LogP contribution in [0.1, 0.15) is 0 Å². The fourth-order valence-electron chi connectivity index (χ4n) is 5.66. The molecule has 0 amide bonds. The van der Waals surface area contributed by atoms with Crippen molar-refractivity contribution in [2.24, 2.45) is 0 Å². The minimum Gasteiger partial charge on any atom is -0.310 e. The highest BCUT2D eigenvalue weighted by molar-refractivity contribution is 6.32. The Bertz CT molecular complexity index is 1940. The van der Waals surface area contributed by atoms with Crippen molar-refractivity contribution >= 4 is 51.9 Å². The number of nitrogens with zero attached hydrogens (tertiary/aromatic N) is 1. The molecule has 0 aliphatic carbocycles. The molecular weight excluding hydrogens is 481 g/mol. The van der Waals surface area contributed by atoms with Crippen LogP contribution in [0.4, 0.5) is 17.1 Å². The summed E-state index contributed by atoms with van der Waals surface area (Å²) in [5.74, 6) is 0. The minimum atomic E-state index is 0.749. The van der Waals surface area contributed by atoms with E-state index in [4.69, 9.17) is 7.85 Å². The molecular formula is C38H26BN. The summed E-state index contributed by atoms with van der Waals surface area (Å²) in [6.07, 6.45) is 0. The summed E-state index contributed by atoms with van der Waals surface area (Å²) in [6, 6.07) is 55.8. The van der Waals surface area contributed by atoms with E-state index in [-0.39, 0.29) is 0 Å². The quantitative estimate of drug-likeness (QED) is 0.166. The third-order valence-electron chi connectivity index (χ3n) is 7.59. The largest absolute Gasteiger partial charge is 0.310 e. The predicted octanol–water partition coefficient (Wildman–Crippen LogP) is 9.59. The zero-order valence-corrected chi connectivity index (χ0v) is 22.0. The molecule has 0 aliphatic heterocycles. The zero-order valence-electron chi connectivity index (χ0n) is 22.0. The Morgan fingerprint density at radius 3 is 1.70 bits per heavy atom. The Hall–Kier alpha value is -5.08. The van der Waals surface area contributed by atoms with E-state index in [9.17, 15) is 0 Å². The van der Waals surface area contributed by atoms with Gasteiger partial charge in [0.15, 0.2) is 0 Å². The SMILES string of the molecule is [B]c1ccc(N(c2ccc(-c3cc4ccccc4c4ccccc34)cc2)c2ccccc2-c2ccccc2)cc1. The molecule has 7 aromatic rings. The molecule has 0 aliphatic rings. The van der Waals surface area contributed by atoms with Crippen molar-refractivity contribution in [2.45, 2.75) is 0 Å². The second kappa shape index (κ2) is 10.2. The van der Waals surface area contributed by atoms with Crippen molar-refractivity contribution in [3.63, 3.8) is 0 Å². The van der Waals surface area contributed by atoms with E-state index >= 15 is 0 Å². The van der Waals surface area contributed by atoms with Gasteiger partial charge in [-0.3, -0.25) is 0 Å². The van der Waals surface area contributed by atoms with Gasteiger partial charge >= 0.3 is 0 Å². The van der Waals surface area contributed by atoms with Gasteiger partial charge in [-0.15, -0.1) is 0 Å². The molecule has 0 fully saturated rings. The summed E-state index contributed by atoms with van der Waals surface area (Å²) in [5, 5.41) is 5.07. The lowest BCUT2D eigenvalue weighted by atomic mass is 9.93. The average molecular weight is 507 g/mol. The number of benzene rings is 7. The molecule has 0 saturated heterocycles. The normalized spacial score (nSPS) is 11.1. The van der Waals surface area contributed by atoms with E-state index in [2.05, 4.69) is 150 Å². The fourth-order valence-corrected chi connectivity index (χ4v) is 5.66. The van der Waals surface area contributed by atoms with Gasteiger partial charge in [-0.05, 0) is 74.6 Å². The lowest BCUT2D eigenvalue weighted by molar-refractivity contribution is 1.29. The number of hydrogen-bond acceptors (Lipinski definition) is 1. The van der Waals surface area contributed by atoms with E-state index in [0.717, 1.165) is 22.5 Å². The number of anilines is 3. The lowest BCUT2D eigenvalue weighted by Gasteiger charge is -2.28. The highest BCUT2D eigenvalue weighted by atomic mass is 15.1. The van der Waals surface area contributed by atoms with Crippen LogP contribution in [0, 0.1) is 0 Å². The van der Waals surface area contributed by atoms with Gasteiger partial charge in [0.05, 0.1) is 5.69 Å². The van der Waals surface area contributed by atoms with E-state index in [0.29, 0.717) is 0 Å².